The Hall–Kier alpha value is -2.40. The molecule has 108 valence electrons. The van der Waals surface area contributed by atoms with E-state index >= 15 is 0 Å². The van der Waals surface area contributed by atoms with Crippen molar-refractivity contribution >= 4 is 0 Å². The van der Waals surface area contributed by atoms with Crippen molar-refractivity contribution in [1.82, 2.24) is 20.3 Å². The van der Waals surface area contributed by atoms with Crippen LogP contribution in [0.1, 0.15) is 19.1 Å². The van der Waals surface area contributed by atoms with Crippen LogP contribution in [-0.2, 0) is 6.54 Å². The lowest BCUT2D eigenvalue weighted by molar-refractivity contribution is 0.484. The molecule has 0 aliphatic carbocycles. The summed E-state index contributed by atoms with van der Waals surface area (Å²) in [7, 11) is 0. The largest absolute Gasteiger partial charge is 0.467 e. The fraction of sp³-hybridized carbons (Fsp3) is 0.250. The minimum Gasteiger partial charge on any atom is -0.467 e. The van der Waals surface area contributed by atoms with Gasteiger partial charge in [-0.05, 0) is 31.2 Å². The highest BCUT2D eigenvalue weighted by molar-refractivity contribution is 5.63. The molecule has 0 aliphatic heterocycles. The van der Waals surface area contributed by atoms with E-state index in [1.54, 1.807) is 12.5 Å². The van der Waals surface area contributed by atoms with E-state index in [4.69, 9.17) is 4.42 Å². The van der Waals surface area contributed by atoms with Crippen LogP contribution in [-0.4, -0.2) is 21.5 Å². The van der Waals surface area contributed by atoms with Gasteiger partial charge in [0.1, 0.15) is 5.76 Å². The minimum atomic E-state index is 0.705. The summed E-state index contributed by atoms with van der Waals surface area (Å²) in [5.41, 5.74) is 2.94. The molecule has 0 radical (unpaired) electrons. The Morgan fingerprint density at radius 2 is 2.05 bits per heavy atom. The number of hydrogen-bond donors (Lipinski definition) is 1. The lowest BCUT2D eigenvalue weighted by Crippen LogP contribution is -2.14. The molecule has 21 heavy (non-hydrogen) atoms. The minimum absolute atomic E-state index is 0.705. The molecule has 0 unspecified atom stereocenters. The van der Waals surface area contributed by atoms with Crippen molar-refractivity contribution in [3.05, 3.63) is 54.6 Å². The topological polar surface area (TPSA) is 55.9 Å². The molecule has 3 rings (SSSR count). The van der Waals surface area contributed by atoms with Gasteiger partial charge in [0.05, 0.1) is 30.4 Å². The Kier molecular flexibility index (Phi) is 4.12. The zero-order valence-electron chi connectivity index (χ0n) is 12.0. The molecule has 0 bridgehead atoms. The molecule has 0 aliphatic rings. The van der Waals surface area contributed by atoms with Gasteiger partial charge in [0.2, 0.25) is 0 Å². The molecule has 0 amide bonds. The molecule has 0 fully saturated rings. The smallest absolute Gasteiger partial charge is 0.126 e. The third kappa shape index (κ3) is 2.87. The van der Waals surface area contributed by atoms with E-state index in [1.807, 2.05) is 41.1 Å². The van der Waals surface area contributed by atoms with Crippen molar-refractivity contribution in [2.45, 2.75) is 19.9 Å². The van der Waals surface area contributed by atoms with Crippen LogP contribution >= 0.6 is 0 Å². The Labute approximate surface area is 123 Å². The SMILES string of the molecule is CCCNCc1occc1-c1cnnn1-c1ccccc1. The first-order valence-corrected chi connectivity index (χ1v) is 7.13. The van der Waals surface area contributed by atoms with Crippen molar-refractivity contribution in [2.24, 2.45) is 0 Å². The number of aromatic nitrogens is 3. The first-order valence-electron chi connectivity index (χ1n) is 7.13. The summed E-state index contributed by atoms with van der Waals surface area (Å²) in [6.07, 6.45) is 4.57. The van der Waals surface area contributed by atoms with Crippen molar-refractivity contribution in [3.63, 3.8) is 0 Å². The summed E-state index contributed by atoms with van der Waals surface area (Å²) < 4.78 is 7.42. The van der Waals surface area contributed by atoms with Crippen LogP contribution in [0.4, 0.5) is 0 Å². The van der Waals surface area contributed by atoms with Gasteiger partial charge in [-0.15, -0.1) is 5.10 Å². The maximum atomic E-state index is 5.59. The highest BCUT2D eigenvalue weighted by atomic mass is 16.3. The highest BCUT2D eigenvalue weighted by Gasteiger charge is 2.14. The van der Waals surface area contributed by atoms with Gasteiger partial charge in [0.15, 0.2) is 0 Å². The number of para-hydroxylation sites is 1. The Morgan fingerprint density at radius 1 is 1.19 bits per heavy atom. The predicted molar refractivity (Wildman–Crippen MR) is 81.1 cm³/mol. The van der Waals surface area contributed by atoms with Gasteiger partial charge in [-0.3, -0.25) is 0 Å². The van der Waals surface area contributed by atoms with Crippen molar-refractivity contribution in [3.8, 4) is 16.9 Å². The molecule has 2 heterocycles. The predicted octanol–water partition coefficient (Wildman–Crippen LogP) is 3.03. The van der Waals surface area contributed by atoms with E-state index in [0.29, 0.717) is 6.54 Å². The second-order valence-electron chi connectivity index (χ2n) is 4.80. The van der Waals surface area contributed by atoms with E-state index in [2.05, 4.69) is 22.6 Å². The first-order chi connectivity index (χ1) is 10.4. The van der Waals surface area contributed by atoms with Gasteiger partial charge in [-0.25, -0.2) is 4.68 Å². The first kappa shape index (κ1) is 13.6. The standard InChI is InChI=1S/C16H18N4O/c1-2-9-17-12-16-14(8-10-21-16)15-11-18-19-20(15)13-6-4-3-5-7-13/h3-8,10-11,17H,2,9,12H2,1H3. The van der Waals surface area contributed by atoms with Crippen LogP contribution in [0.25, 0.3) is 16.9 Å². The summed E-state index contributed by atoms with van der Waals surface area (Å²) in [4.78, 5) is 0. The monoisotopic (exact) mass is 282 g/mol. The Morgan fingerprint density at radius 3 is 2.86 bits per heavy atom. The maximum Gasteiger partial charge on any atom is 0.126 e. The summed E-state index contributed by atoms with van der Waals surface area (Å²) >= 11 is 0. The lowest BCUT2D eigenvalue weighted by atomic mass is 10.2. The fourth-order valence-corrected chi connectivity index (χ4v) is 2.26. The Bertz CT molecular complexity index is 687. The third-order valence-corrected chi connectivity index (χ3v) is 3.28. The number of rotatable bonds is 6. The van der Waals surface area contributed by atoms with Gasteiger partial charge < -0.3 is 9.73 Å². The second-order valence-corrected chi connectivity index (χ2v) is 4.80. The van der Waals surface area contributed by atoms with E-state index in [-0.39, 0.29) is 0 Å². The third-order valence-electron chi connectivity index (χ3n) is 3.28. The van der Waals surface area contributed by atoms with E-state index in [0.717, 1.165) is 35.7 Å². The van der Waals surface area contributed by atoms with Crippen LogP contribution in [0.5, 0.6) is 0 Å². The Balaban J connectivity index is 1.92. The van der Waals surface area contributed by atoms with Crippen LogP contribution in [0.2, 0.25) is 0 Å². The molecular weight excluding hydrogens is 264 g/mol. The maximum absolute atomic E-state index is 5.59. The molecule has 5 heteroatoms. The molecule has 0 saturated carbocycles. The number of furan rings is 1. The van der Waals surface area contributed by atoms with Gasteiger partial charge in [0.25, 0.3) is 0 Å². The van der Waals surface area contributed by atoms with Gasteiger partial charge in [0, 0.05) is 5.56 Å². The fourth-order valence-electron chi connectivity index (χ4n) is 2.26. The molecule has 0 atom stereocenters. The number of nitrogens with one attached hydrogen (secondary N) is 1. The molecule has 0 saturated heterocycles. The summed E-state index contributed by atoms with van der Waals surface area (Å²) in [5, 5.41) is 11.6. The van der Waals surface area contributed by atoms with Crippen molar-refractivity contribution < 1.29 is 4.42 Å². The van der Waals surface area contributed by atoms with Crippen LogP contribution in [0, 0.1) is 0 Å². The molecule has 3 aromatic rings. The van der Waals surface area contributed by atoms with Crippen LogP contribution < -0.4 is 5.32 Å². The molecule has 1 aromatic carbocycles. The highest BCUT2D eigenvalue weighted by Crippen LogP contribution is 2.26. The lowest BCUT2D eigenvalue weighted by Gasteiger charge is -2.07. The number of hydrogen-bond acceptors (Lipinski definition) is 4. The quantitative estimate of drug-likeness (QED) is 0.706. The van der Waals surface area contributed by atoms with E-state index in [9.17, 15) is 0 Å². The molecule has 1 N–H and O–H groups in total. The van der Waals surface area contributed by atoms with Crippen molar-refractivity contribution in [2.75, 3.05) is 6.54 Å². The van der Waals surface area contributed by atoms with Gasteiger partial charge in [-0.2, -0.15) is 0 Å². The molecule has 0 spiro atoms. The average molecular weight is 282 g/mol. The second kappa shape index (κ2) is 6.37. The van der Waals surface area contributed by atoms with Gasteiger partial charge >= 0.3 is 0 Å². The summed E-state index contributed by atoms with van der Waals surface area (Å²) in [6, 6.07) is 11.9. The van der Waals surface area contributed by atoms with Crippen LogP contribution in [0.3, 0.4) is 0 Å². The molecule has 5 nitrogen and oxygen atoms in total. The average Bonchev–Trinajstić information content (AvgIpc) is 3.16. The zero-order valence-corrected chi connectivity index (χ0v) is 12.0. The molecule has 2 aromatic heterocycles. The van der Waals surface area contributed by atoms with E-state index < -0.39 is 0 Å². The van der Waals surface area contributed by atoms with Crippen LogP contribution in [0.15, 0.2) is 53.3 Å². The number of nitrogens with zero attached hydrogens (tertiary/aromatic N) is 3. The summed E-state index contributed by atoms with van der Waals surface area (Å²) in [5.74, 6) is 0.905. The van der Waals surface area contributed by atoms with E-state index in [1.165, 1.54) is 0 Å². The normalized spacial score (nSPS) is 10.9. The number of benzene rings is 1. The summed E-state index contributed by atoms with van der Waals surface area (Å²) in [6.45, 7) is 3.82. The zero-order chi connectivity index (χ0) is 14.5. The van der Waals surface area contributed by atoms with Crippen molar-refractivity contribution in [1.29, 1.82) is 0 Å². The molecular formula is C16H18N4O. The van der Waals surface area contributed by atoms with Gasteiger partial charge in [-0.1, -0.05) is 30.3 Å².